The molecule has 0 fully saturated rings. The van der Waals surface area contributed by atoms with Crippen molar-refractivity contribution < 1.29 is 9.50 Å². The number of aromatic nitrogens is 1. The monoisotopic (exact) mass is 260 g/mol. The highest BCUT2D eigenvalue weighted by molar-refractivity contribution is 5.18. The van der Waals surface area contributed by atoms with Crippen LogP contribution in [0.3, 0.4) is 0 Å². The summed E-state index contributed by atoms with van der Waals surface area (Å²) in [5, 5.41) is 13.2. The lowest BCUT2D eigenvalue weighted by Gasteiger charge is -2.11. The molecule has 2 aromatic rings. The van der Waals surface area contributed by atoms with Crippen molar-refractivity contribution in [3.63, 3.8) is 0 Å². The van der Waals surface area contributed by atoms with Crippen molar-refractivity contribution in [3.8, 4) is 0 Å². The molecule has 0 aliphatic heterocycles. The van der Waals surface area contributed by atoms with Crippen molar-refractivity contribution in [2.75, 3.05) is 6.54 Å². The van der Waals surface area contributed by atoms with E-state index in [1.165, 1.54) is 12.1 Å². The van der Waals surface area contributed by atoms with Crippen molar-refractivity contribution in [2.24, 2.45) is 0 Å². The van der Waals surface area contributed by atoms with Gasteiger partial charge in [0.05, 0.1) is 6.10 Å². The van der Waals surface area contributed by atoms with Gasteiger partial charge in [-0.25, -0.2) is 4.39 Å². The predicted octanol–water partition coefficient (Wildman–Crippen LogP) is 2.43. The molecule has 2 N–H and O–H groups in total. The van der Waals surface area contributed by atoms with Gasteiger partial charge < -0.3 is 10.4 Å². The average molecular weight is 260 g/mol. The molecule has 19 heavy (non-hydrogen) atoms. The van der Waals surface area contributed by atoms with Gasteiger partial charge in [0.2, 0.25) is 0 Å². The molecule has 1 aromatic carbocycles. The van der Waals surface area contributed by atoms with E-state index in [1.54, 1.807) is 24.5 Å². The Bertz CT molecular complexity index is 487. The van der Waals surface area contributed by atoms with E-state index in [2.05, 4.69) is 10.3 Å². The third-order valence-corrected chi connectivity index (χ3v) is 2.93. The van der Waals surface area contributed by atoms with E-state index in [1.807, 2.05) is 12.1 Å². The number of nitrogens with one attached hydrogen (secondary N) is 1. The third kappa shape index (κ3) is 4.43. The lowest BCUT2D eigenvalue weighted by molar-refractivity contribution is 0.166. The SMILES string of the molecule is OC(CCNCc1ccncc1)c1ccc(F)cc1. The molecule has 4 heteroatoms. The molecular weight excluding hydrogens is 243 g/mol. The summed E-state index contributed by atoms with van der Waals surface area (Å²) in [5.74, 6) is -0.285. The Hall–Kier alpha value is -1.78. The second-order valence-electron chi connectivity index (χ2n) is 4.39. The third-order valence-electron chi connectivity index (χ3n) is 2.93. The topological polar surface area (TPSA) is 45.1 Å². The van der Waals surface area contributed by atoms with E-state index in [9.17, 15) is 9.50 Å². The first-order valence-corrected chi connectivity index (χ1v) is 6.29. The number of hydrogen-bond donors (Lipinski definition) is 2. The van der Waals surface area contributed by atoms with E-state index in [-0.39, 0.29) is 5.82 Å². The van der Waals surface area contributed by atoms with E-state index in [0.29, 0.717) is 13.0 Å². The van der Waals surface area contributed by atoms with Crippen LogP contribution in [0.2, 0.25) is 0 Å². The summed E-state index contributed by atoms with van der Waals surface area (Å²) in [6.45, 7) is 1.44. The first kappa shape index (κ1) is 13.6. The molecular formula is C15H17FN2O. The Morgan fingerprint density at radius 2 is 1.79 bits per heavy atom. The standard InChI is InChI=1S/C15H17FN2O/c16-14-3-1-13(2-4-14)15(19)7-10-18-11-12-5-8-17-9-6-12/h1-6,8-9,15,18-19H,7,10-11H2. The molecule has 0 spiro atoms. The smallest absolute Gasteiger partial charge is 0.123 e. The summed E-state index contributed by atoms with van der Waals surface area (Å²) in [5.41, 5.74) is 1.90. The van der Waals surface area contributed by atoms with Gasteiger partial charge in [-0.1, -0.05) is 12.1 Å². The summed E-state index contributed by atoms with van der Waals surface area (Å²) >= 11 is 0. The van der Waals surface area contributed by atoms with Crippen LogP contribution in [0.15, 0.2) is 48.8 Å². The Morgan fingerprint density at radius 1 is 1.11 bits per heavy atom. The molecule has 2 rings (SSSR count). The summed E-state index contributed by atoms with van der Waals surface area (Å²) in [4.78, 5) is 3.95. The number of rotatable bonds is 6. The Balaban J connectivity index is 1.72. The van der Waals surface area contributed by atoms with Crippen molar-refractivity contribution in [2.45, 2.75) is 19.1 Å². The molecule has 0 saturated heterocycles. The van der Waals surface area contributed by atoms with Gasteiger partial charge in [-0.15, -0.1) is 0 Å². The zero-order valence-corrected chi connectivity index (χ0v) is 10.6. The van der Waals surface area contributed by atoms with Crippen molar-refractivity contribution in [1.29, 1.82) is 0 Å². The van der Waals surface area contributed by atoms with E-state index in [0.717, 1.165) is 17.7 Å². The van der Waals surface area contributed by atoms with Crippen LogP contribution in [-0.2, 0) is 6.54 Å². The molecule has 3 nitrogen and oxygen atoms in total. The molecule has 0 saturated carbocycles. The van der Waals surface area contributed by atoms with Crippen molar-refractivity contribution >= 4 is 0 Å². The normalized spacial score (nSPS) is 12.3. The molecule has 0 radical (unpaired) electrons. The zero-order chi connectivity index (χ0) is 13.5. The first-order chi connectivity index (χ1) is 9.25. The number of aliphatic hydroxyl groups is 1. The molecule has 1 unspecified atom stereocenters. The maximum Gasteiger partial charge on any atom is 0.123 e. The van der Waals surface area contributed by atoms with E-state index in [4.69, 9.17) is 0 Å². The van der Waals surface area contributed by atoms with Crippen molar-refractivity contribution in [3.05, 3.63) is 65.7 Å². The lowest BCUT2D eigenvalue weighted by Crippen LogP contribution is -2.17. The van der Waals surface area contributed by atoms with Gasteiger partial charge >= 0.3 is 0 Å². The Kier molecular flexibility index (Phi) is 5.01. The largest absolute Gasteiger partial charge is 0.388 e. The molecule has 1 heterocycles. The molecule has 1 atom stereocenters. The van der Waals surface area contributed by atoms with Crippen LogP contribution in [0, 0.1) is 5.82 Å². The summed E-state index contributed by atoms with van der Waals surface area (Å²) in [6, 6.07) is 9.85. The average Bonchev–Trinajstić information content (AvgIpc) is 2.45. The molecule has 0 aliphatic carbocycles. The second-order valence-corrected chi connectivity index (χ2v) is 4.39. The number of nitrogens with zero attached hydrogens (tertiary/aromatic N) is 1. The van der Waals surface area contributed by atoms with Gasteiger partial charge in [-0.2, -0.15) is 0 Å². The molecule has 0 aliphatic rings. The minimum absolute atomic E-state index is 0.285. The highest BCUT2D eigenvalue weighted by Crippen LogP contribution is 2.16. The van der Waals surface area contributed by atoms with Crippen LogP contribution in [0.25, 0.3) is 0 Å². The first-order valence-electron chi connectivity index (χ1n) is 6.29. The number of hydrogen-bond acceptors (Lipinski definition) is 3. The van der Waals surface area contributed by atoms with Crippen LogP contribution in [0.4, 0.5) is 4.39 Å². The molecule has 0 bridgehead atoms. The van der Waals surface area contributed by atoms with Gasteiger partial charge in [-0.05, 0) is 48.4 Å². The lowest BCUT2D eigenvalue weighted by atomic mass is 10.1. The number of aliphatic hydroxyl groups excluding tert-OH is 1. The van der Waals surface area contributed by atoms with Gasteiger partial charge in [0.1, 0.15) is 5.82 Å². The quantitative estimate of drug-likeness (QED) is 0.784. The number of halogens is 1. The molecule has 100 valence electrons. The second kappa shape index (κ2) is 6.97. The van der Waals surface area contributed by atoms with E-state index >= 15 is 0 Å². The summed E-state index contributed by atoms with van der Waals surface area (Å²) < 4.78 is 12.7. The minimum atomic E-state index is -0.564. The molecule has 1 aromatic heterocycles. The van der Waals surface area contributed by atoms with Gasteiger partial charge in [0, 0.05) is 18.9 Å². The maximum atomic E-state index is 12.7. The summed E-state index contributed by atoms with van der Waals surface area (Å²) in [6.07, 6.45) is 3.54. The highest BCUT2D eigenvalue weighted by atomic mass is 19.1. The van der Waals surface area contributed by atoms with Gasteiger partial charge in [0.25, 0.3) is 0 Å². The van der Waals surface area contributed by atoms with Gasteiger partial charge in [-0.3, -0.25) is 4.98 Å². The predicted molar refractivity (Wildman–Crippen MR) is 71.9 cm³/mol. The van der Waals surface area contributed by atoms with Crippen LogP contribution in [0.1, 0.15) is 23.7 Å². The van der Waals surface area contributed by atoms with E-state index < -0.39 is 6.10 Å². The summed E-state index contributed by atoms with van der Waals surface area (Å²) in [7, 11) is 0. The van der Waals surface area contributed by atoms with Crippen LogP contribution < -0.4 is 5.32 Å². The zero-order valence-electron chi connectivity index (χ0n) is 10.6. The van der Waals surface area contributed by atoms with Crippen molar-refractivity contribution in [1.82, 2.24) is 10.3 Å². The minimum Gasteiger partial charge on any atom is -0.388 e. The van der Waals surface area contributed by atoms with Crippen LogP contribution >= 0.6 is 0 Å². The fraction of sp³-hybridized carbons (Fsp3) is 0.267. The Labute approximate surface area is 112 Å². The number of pyridine rings is 1. The fourth-order valence-electron chi connectivity index (χ4n) is 1.82. The van der Waals surface area contributed by atoms with Crippen LogP contribution in [0.5, 0.6) is 0 Å². The fourth-order valence-corrected chi connectivity index (χ4v) is 1.82. The maximum absolute atomic E-state index is 12.7. The van der Waals surface area contributed by atoms with Crippen LogP contribution in [-0.4, -0.2) is 16.6 Å². The highest BCUT2D eigenvalue weighted by Gasteiger charge is 2.06. The Morgan fingerprint density at radius 3 is 2.47 bits per heavy atom. The van der Waals surface area contributed by atoms with Gasteiger partial charge in [0.15, 0.2) is 0 Å². The molecule has 0 amide bonds. The number of benzene rings is 1.